The van der Waals surface area contributed by atoms with Crippen LogP contribution in [0.3, 0.4) is 0 Å². The summed E-state index contributed by atoms with van der Waals surface area (Å²) in [5, 5.41) is 3.78. The number of nitrogens with zero attached hydrogens (tertiary/aromatic N) is 1. The van der Waals surface area contributed by atoms with E-state index in [0.717, 1.165) is 5.92 Å². The number of piperazine rings is 1. The summed E-state index contributed by atoms with van der Waals surface area (Å²) in [5.74, 6) is 1.01. The van der Waals surface area contributed by atoms with Gasteiger partial charge in [0.1, 0.15) is 0 Å². The van der Waals surface area contributed by atoms with E-state index in [4.69, 9.17) is 0 Å². The molecule has 5 fully saturated rings. The molecule has 1 saturated heterocycles. The minimum Gasteiger partial charge on any atom is -0.309 e. The Labute approximate surface area is 131 Å². The first kappa shape index (κ1) is 14.5. The molecule has 0 aromatic carbocycles. The monoisotopic (exact) mass is 290 g/mol. The Bertz CT molecular complexity index is 427. The molecular weight excluding hydrogens is 256 g/mol. The lowest BCUT2D eigenvalue weighted by atomic mass is 9.42. The summed E-state index contributed by atoms with van der Waals surface area (Å²) >= 11 is 0. The van der Waals surface area contributed by atoms with Crippen molar-refractivity contribution in [1.29, 1.82) is 0 Å². The molecule has 2 nitrogen and oxygen atoms in total. The molecular formula is C19H34N2. The molecule has 1 heterocycles. The van der Waals surface area contributed by atoms with Crippen molar-refractivity contribution in [3.8, 4) is 0 Å². The van der Waals surface area contributed by atoms with Crippen LogP contribution in [0.15, 0.2) is 0 Å². The van der Waals surface area contributed by atoms with Crippen LogP contribution in [-0.2, 0) is 0 Å². The molecule has 3 atom stereocenters. The molecule has 120 valence electrons. The van der Waals surface area contributed by atoms with E-state index in [1.807, 2.05) is 0 Å². The highest BCUT2D eigenvalue weighted by Crippen LogP contribution is 2.67. The fourth-order valence-corrected chi connectivity index (χ4v) is 7.43. The molecule has 4 bridgehead atoms. The van der Waals surface area contributed by atoms with Crippen LogP contribution in [0.1, 0.15) is 72.6 Å². The first-order chi connectivity index (χ1) is 9.78. The van der Waals surface area contributed by atoms with E-state index >= 15 is 0 Å². The van der Waals surface area contributed by atoms with Crippen molar-refractivity contribution < 1.29 is 0 Å². The Morgan fingerprint density at radius 1 is 1.00 bits per heavy atom. The second kappa shape index (κ2) is 4.26. The van der Waals surface area contributed by atoms with Gasteiger partial charge in [-0.05, 0) is 68.6 Å². The topological polar surface area (TPSA) is 15.3 Å². The van der Waals surface area contributed by atoms with Crippen molar-refractivity contribution in [3.63, 3.8) is 0 Å². The van der Waals surface area contributed by atoms with Crippen LogP contribution in [-0.4, -0.2) is 35.6 Å². The smallest absolute Gasteiger partial charge is 0.0278 e. The van der Waals surface area contributed by atoms with Gasteiger partial charge in [-0.2, -0.15) is 0 Å². The van der Waals surface area contributed by atoms with E-state index in [-0.39, 0.29) is 0 Å². The minimum absolute atomic E-state index is 0.337. The molecule has 4 aliphatic carbocycles. The normalized spacial score (nSPS) is 56.9. The second-order valence-corrected chi connectivity index (χ2v) is 10.1. The summed E-state index contributed by atoms with van der Waals surface area (Å²) in [4.78, 5) is 2.94. The fourth-order valence-electron chi connectivity index (χ4n) is 7.43. The zero-order chi connectivity index (χ0) is 14.9. The number of nitrogens with one attached hydrogen (secondary N) is 1. The van der Waals surface area contributed by atoms with E-state index < -0.39 is 0 Å². The molecule has 21 heavy (non-hydrogen) atoms. The van der Waals surface area contributed by atoms with Crippen molar-refractivity contribution in [1.82, 2.24) is 10.2 Å². The van der Waals surface area contributed by atoms with Crippen LogP contribution in [0.25, 0.3) is 0 Å². The summed E-state index contributed by atoms with van der Waals surface area (Å²) in [6.45, 7) is 13.7. The summed E-state index contributed by atoms with van der Waals surface area (Å²) in [7, 11) is 0. The lowest BCUT2D eigenvalue weighted by molar-refractivity contribution is -0.169. The lowest BCUT2D eigenvalue weighted by Crippen LogP contribution is -2.70. The van der Waals surface area contributed by atoms with Gasteiger partial charge in [0.2, 0.25) is 0 Å². The van der Waals surface area contributed by atoms with Crippen molar-refractivity contribution in [2.45, 2.75) is 83.7 Å². The van der Waals surface area contributed by atoms with Gasteiger partial charge in [0, 0.05) is 30.7 Å². The molecule has 0 amide bonds. The van der Waals surface area contributed by atoms with Gasteiger partial charge >= 0.3 is 0 Å². The number of rotatable bonds is 2. The van der Waals surface area contributed by atoms with E-state index in [9.17, 15) is 0 Å². The maximum absolute atomic E-state index is 3.78. The maximum atomic E-state index is 3.78. The van der Waals surface area contributed by atoms with E-state index in [1.165, 1.54) is 64.6 Å². The molecule has 1 N–H and O–H groups in total. The fraction of sp³-hybridized carbons (Fsp3) is 1.00. The van der Waals surface area contributed by atoms with Gasteiger partial charge in [-0.3, -0.25) is 4.90 Å². The van der Waals surface area contributed by atoms with Crippen LogP contribution in [0.2, 0.25) is 0 Å². The number of hydrogen-bond acceptors (Lipinski definition) is 2. The Kier molecular flexibility index (Phi) is 2.94. The van der Waals surface area contributed by atoms with Gasteiger partial charge in [0.05, 0.1) is 0 Å². The van der Waals surface area contributed by atoms with E-state index in [0.29, 0.717) is 21.9 Å². The van der Waals surface area contributed by atoms with E-state index in [2.05, 4.69) is 37.9 Å². The molecule has 0 aromatic rings. The zero-order valence-corrected chi connectivity index (χ0v) is 14.6. The average Bonchev–Trinajstić information content (AvgIpc) is 2.34. The van der Waals surface area contributed by atoms with Gasteiger partial charge in [0.25, 0.3) is 0 Å². The van der Waals surface area contributed by atoms with Gasteiger partial charge in [-0.1, -0.05) is 20.8 Å². The third kappa shape index (κ3) is 2.20. The summed E-state index contributed by atoms with van der Waals surface area (Å²) in [5.41, 5.74) is 2.16. The molecule has 5 rings (SSSR count). The van der Waals surface area contributed by atoms with Crippen LogP contribution in [0.5, 0.6) is 0 Å². The first-order valence-electron chi connectivity index (χ1n) is 9.28. The maximum Gasteiger partial charge on any atom is 0.0278 e. The predicted octanol–water partition coefficient (Wildman–Crippen LogP) is 3.81. The minimum atomic E-state index is 0.337. The zero-order valence-electron chi connectivity index (χ0n) is 14.6. The highest BCUT2D eigenvalue weighted by atomic mass is 15.3. The van der Waals surface area contributed by atoms with Crippen LogP contribution in [0, 0.1) is 16.7 Å². The second-order valence-electron chi connectivity index (χ2n) is 10.1. The molecule has 0 aromatic heterocycles. The molecule has 1 aliphatic heterocycles. The van der Waals surface area contributed by atoms with E-state index in [1.54, 1.807) is 0 Å². The summed E-state index contributed by atoms with van der Waals surface area (Å²) in [6.07, 6.45) is 10.2. The highest BCUT2D eigenvalue weighted by molar-refractivity contribution is 5.16. The van der Waals surface area contributed by atoms with Gasteiger partial charge in [-0.25, -0.2) is 0 Å². The van der Waals surface area contributed by atoms with Crippen LogP contribution in [0.4, 0.5) is 0 Å². The summed E-state index contributed by atoms with van der Waals surface area (Å²) < 4.78 is 0. The molecule has 0 spiro atoms. The van der Waals surface area contributed by atoms with Crippen molar-refractivity contribution in [2.24, 2.45) is 16.7 Å². The van der Waals surface area contributed by atoms with Crippen molar-refractivity contribution in [2.75, 3.05) is 19.6 Å². The molecule has 5 aliphatic rings. The first-order valence-corrected chi connectivity index (χ1v) is 9.28. The number of hydrogen-bond donors (Lipinski definition) is 1. The molecule has 2 heteroatoms. The Morgan fingerprint density at radius 3 is 2.24 bits per heavy atom. The Balaban J connectivity index is 1.65. The molecule has 3 unspecified atom stereocenters. The summed E-state index contributed by atoms with van der Waals surface area (Å²) in [6, 6.07) is 0. The predicted molar refractivity (Wildman–Crippen MR) is 88.4 cm³/mol. The van der Waals surface area contributed by atoms with Gasteiger partial charge in [-0.15, -0.1) is 0 Å². The van der Waals surface area contributed by atoms with Gasteiger partial charge in [0.15, 0.2) is 0 Å². The SMILES string of the molecule is CCC1(C)CN(C23CC4CC(C)(CC(C)(C4)C2)C3)CCN1. The van der Waals surface area contributed by atoms with Gasteiger partial charge < -0.3 is 5.32 Å². The molecule has 4 saturated carbocycles. The lowest BCUT2D eigenvalue weighted by Gasteiger charge is -2.69. The average molecular weight is 290 g/mol. The Morgan fingerprint density at radius 2 is 1.67 bits per heavy atom. The standard InChI is InChI=1S/C19H34N2/c1-5-18(4)14-21(7-6-20-18)19-10-15-8-16(2,12-19)11-17(3,9-15)13-19/h15,20H,5-14H2,1-4H3. The van der Waals surface area contributed by atoms with Crippen LogP contribution < -0.4 is 5.32 Å². The third-order valence-corrected chi connectivity index (χ3v) is 7.52. The largest absolute Gasteiger partial charge is 0.309 e. The molecule has 0 radical (unpaired) electrons. The van der Waals surface area contributed by atoms with Crippen molar-refractivity contribution >= 4 is 0 Å². The quantitative estimate of drug-likeness (QED) is 0.832. The Hall–Kier alpha value is -0.0800. The van der Waals surface area contributed by atoms with Crippen molar-refractivity contribution in [3.05, 3.63) is 0 Å². The third-order valence-electron chi connectivity index (χ3n) is 7.52. The highest BCUT2D eigenvalue weighted by Gasteiger charge is 2.62. The van der Waals surface area contributed by atoms with Crippen LogP contribution >= 0.6 is 0 Å².